The van der Waals surface area contributed by atoms with Crippen molar-refractivity contribution in [1.82, 2.24) is 0 Å². The van der Waals surface area contributed by atoms with Crippen molar-refractivity contribution < 1.29 is 9.90 Å². The smallest absolute Gasteiger partial charge is 0.310 e. The Kier molecular flexibility index (Phi) is 1.52. The zero-order chi connectivity index (χ0) is 7.78. The topological polar surface area (TPSA) is 63.3 Å². The van der Waals surface area contributed by atoms with E-state index in [0.29, 0.717) is 6.42 Å². The molecular weight excluding hydrogens is 130 g/mol. The summed E-state index contributed by atoms with van der Waals surface area (Å²) in [6.07, 6.45) is 3.93. The van der Waals surface area contributed by atoms with Crippen molar-refractivity contribution >= 4 is 5.97 Å². The second kappa shape index (κ2) is 2.09. The molecule has 3 N–H and O–H groups in total. The summed E-state index contributed by atoms with van der Waals surface area (Å²) in [6, 6.07) is 0. The first-order valence-electron chi connectivity index (χ1n) is 3.22. The van der Waals surface area contributed by atoms with E-state index in [1.807, 2.05) is 6.92 Å². The first-order chi connectivity index (χ1) is 4.51. The SMILES string of the molecule is C[C@@]1(N)C=C[C@H](C(=O)O)C1. The van der Waals surface area contributed by atoms with E-state index in [1.54, 1.807) is 12.2 Å². The van der Waals surface area contributed by atoms with Gasteiger partial charge in [0.1, 0.15) is 0 Å². The van der Waals surface area contributed by atoms with Crippen LogP contribution in [0.1, 0.15) is 13.3 Å². The van der Waals surface area contributed by atoms with Crippen molar-refractivity contribution in [1.29, 1.82) is 0 Å². The Balaban J connectivity index is 2.62. The van der Waals surface area contributed by atoms with Crippen LogP contribution in [0.2, 0.25) is 0 Å². The Morgan fingerprint density at radius 3 is 2.70 bits per heavy atom. The summed E-state index contributed by atoms with van der Waals surface area (Å²) >= 11 is 0. The molecule has 1 rings (SSSR count). The van der Waals surface area contributed by atoms with E-state index < -0.39 is 11.5 Å². The second-order valence-corrected chi connectivity index (χ2v) is 3.01. The second-order valence-electron chi connectivity index (χ2n) is 3.01. The molecule has 0 aromatic rings. The first-order valence-corrected chi connectivity index (χ1v) is 3.22. The van der Waals surface area contributed by atoms with E-state index in [9.17, 15) is 4.79 Å². The Morgan fingerprint density at radius 1 is 1.90 bits per heavy atom. The van der Waals surface area contributed by atoms with Gasteiger partial charge in [0, 0.05) is 5.54 Å². The maximum Gasteiger partial charge on any atom is 0.310 e. The van der Waals surface area contributed by atoms with Gasteiger partial charge in [-0.15, -0.1) is 0 Å². The molecule has 0 spiro atoms. The van der Waals surface area contributed by atoms with Crippen molar-refractivity contribution in [2.75, 3.05) is 0 Å². The lowest BCUT2D eigenvalue weighted by Crippen LogP contribution is -2.32. The molecule has 0 unspecified atom stereocenters. The fourth-order valence-corrected chi connectivity index (χ4v) is 1.12. The van der Waals surface area contributed by atoms with Gasteiger partial charge in [-0.25, -0.2) is 0 Å². The van der Waals surface area contributed by atoms with Gasteiger partial charge in [0.15, 0.2) is 0 Å². The summed E-state index contributed by atoms with van der Waals surface area (Å²) in [5.74, 6) is -1.17. The average Bonchev–Trinajstić information content (AvgIpc) is 2.10. The van der Waals surface area contributed by atoms with Crippen LogP contribution >= 0.6 is 0 Å². The van der Waals surface area contributed by atoms with E-state index in [2.05, 4.69) is 0 Å². The van der Waals surface area contributed by atoms with Gasteiger partial charge in [0.2, 0.25) is 0 Å². The van der Waals surface area contributed by atoms with Gasteiger partial charge in [-0.05, 0) is 13.3 Å². The maximum atomic E-state index is 10.4. The standard InChI is InChI=1S/C7H11NO2/c1-7(8)3-2-5(4-7)6(9)10/h2-3,5H,4,8H2,1H3,(H,9,10)/t5-,7+/m0/s1. The van der Waals surface area contributed by atoms with E-state index in [0.717, 1.165) is 0 Å². The molecule has 56 valence electrons. The third-order valence-corrected chi connectivity index (χ3v) is 1.69. The molecule has 3 heteroatoms. The van der Waals surface area contributed by atoms with Crippen LogP contribution in [-0.4, -0.2) is 16.6 Å². The molecule has 0 heterocycles. The van der Waals surface area contributed by atoms with E-state index >= 15 is 0 Å². The summed E-state index contributed by atoms with van der Waals surface area (Å²) in [4.78, 5) is 10.4. The molecule has 1 aliphatic rings. The van der Waals surface area contributed by atoms with Crippen molar-refractivity contribution in [3.63, 3.8) is 0 Å². The lowest BCUT2D eigenvalue weighted by molar-refractivity contribution is -0.140. The summed E-state index contributed by atoms with van der Waals surface area (Å²) in [5.41, 5.74) is 5.24. The zero-order valence-electron chi connectivity index (χ0n) is 5.87. The third-order valence-electron chi connectivity index (χ3n) is 1.69. The van der Waals surface area contributed by atoms with Gasteiger partial charge < -0.3 is 10.8 Å². The predicted molar refractivity (Wildman–Crippen MR) is 37.5 cm³/mol. The van der Waals surface area contributed by atoms with Crippen LogP contribution in [0.3, 0.4) is 0 Å². The monoisotopic (exact) mass is 141 g/mol. The average molecular weight is 141 g/mol. The van der Waals surface area contributed by atoms with Gasteiger partial charge in [0.05, 0.1) is 5.92 Å². The Labute approximate surface area is 59.5 Å². The van der Waals surface area contributed by atoms with Gasteiger partial charge in [-0.3, -0.25) is 4.79 Å². The molecule has 0 bridgehead atoms. The fourth-order valence-electron chi connectivity index (χ4n) is 1.12. The van der Waals surface area contributed by atoms with Crippen molar-refractivity contribution in [2.45, 2.75) is 18.9 Å². The highest BCUT2D eigenvalue weighted by atomic mass is 16.4. The first kappa shape index (κ1) is 7.28. The molecule has 0 aromatic carbocycles. The predicted octanol–water partition coefficient (Wildman–Crippen LogP) is 0.364. The van der Waals surface area contributed by atoms with Crippen molar-refractivity contribution in [3.8, 4) is 0 Å². The summed E-state index contributed by atoms with van der Waals surface area (Å²) in [7, 11) is 0. The van der Waals surface area contributed by atoms with E-state index in [4.69, 9.17) is 10.8 Å². The zero-order valence-corrected chi connectivity index (χ0v) is 5.87. The molecule has 0 radical (unpaired) electrons. The highest BCUT2D eigenvalue weighted by Crippen LogP contribution is 2.24. The van der Waals surface area contributed by atoms with Crippen LogP contribution in [0.5, 0.6) is 0 Å². The van der Waals surface area contributed by atoms with Crippen molar-refractivity contribution in [3.05, 3.63) is 12.2 Å². The number of rotatable bonds is 1. The van der Waals surface area contributed by atoms with Gasteiger partial charge >= 0.3 is 5.97 Å². The number of carbonyl (C=O) groups is 1. The van der Waals surface area contributed by atoms with Crippen LogP contribution in [0.15, 0.2) is 12.2 Å². The lowest BCUT2D eigenvalue weighted by atomic mass is 9.99. The maximum absolute atomic E-state index is 10.4. The molecule has 0 saturated carbocycles. The summed E-state index contributed by atoms with van der Waals surface area (Å²) in [5, 5.41) is 8.54. The number of hydrogen-bond acceptors (Lipinski definition) is 2. The molecule has 2 atom stereocenters. The van der Waals surface area contributed by atoms with Crippen LogP contribution < -0.4 is 5.73 Å². The van der Waals surface area contributed by atoms with Gasteiger partial charge in [-0.2, -0.15) is 0 Å². The molecule has 0 aromatic heterocycles. The van der Waals surface area contributed by atoms with E-state index in [-0.39, 0.29) is 5.92 Å². The lowest BCUT2D eigenvalue weighted by Gasteiger charge is -2.14. The Bertz CT molecular complexity index is 184. The fraction of sp³-hybridized carbons (Fsp3) is 0.571. The molecule has 0 aliphatic heterocycles. The normalized spacial score (nSPS) is 38.4. The quantitative estimate of drug-likeness (QED) is 0.518. The van der Waals surface area contributed by atoms with E-state index in [1.165, 1.54) is 0 Å². The Hall–Kier alpha value is -0.830. The van der Waals surface area contributed by atoms with Gasteiger partial charge in [0.25, 0.3) is 0 Å². The highest BCUT2D eigenvalue weighted by Gasteiger charge is 2.29. The van der Waals surface area contributed by atoms with Gasteiger partial charge in [-0.1, -0.05) is 12.2 Å². The minimum absolute atomic E-state index is 0.380. The highest BCUT2D eigenvalue weighted by molar-refractivity contribution is 5.73. The molecule has 0 fully saturated rings. The molecule has 1 aliphatic carbocycles. The molecule has 3 nitrogen and oxygen atoms in total. The molecule has 0 saturated heterocycles. The van der Waals surface area contributed by atoms with Crippen LogP contribution in [0, 0.1) is 5.92 Å². The van der Waals surface area contributed by atoms with Crippen LogP contribution in [-0.2, 0) is 4.79 Å². The number of nitrogens with two attached hydrogens (primary N) is 1. The number of hydrogen-bond donors (Lipinski definition) is 2. The summed E-state index contributed by atoms with van der Waals surface area (Å²) < 4.78 is 0. The van der Waals surface area contributed by atoms with Crippen LogP contribution in [0.25, 0.3) is 0 Å². The minimum atomic E-state index is -0.787. The van der Waals surface area contributed by atoms with Crippen LogP contribution in [0.4, 0.5) is 0 Å². The Morgan fingerprint density at radius 2 is 2.50 bits per heavy atom. The largest absolute Gasteiger partial charge is 0.481 e. The molecular formula is C7H11NO2. The third kappa shape index (κ3) is 1.36. The number of carboxylic acid groups (broad SMARTS) is 1. The summed E-state index contributed by atoms with van der Waals surface area (Å²) in [6.45, 7) is 1.83. The molecule has 10 heavy (non-hydrogen) atoms. The van der Waals surface area contributed by atoms with Crippen molar-refractivity contribution in [2.24, 2.45) is 11.7 Å². The number of carboxylic acids is 1. The number of aliphatic carboxylic acids is 1. The molecule has 0 amide bonds. The minimum Gasteiger partial charge on any atom is -0.481 e.